The molecule has 2 heterocycles. The zero-order chi connectivity index (χ0) is 22.2. The molecule has 0 radical (unpaired) electrons. The van der Waals surface area contributed by atoms with Crippen LogP contribution in [0.2, 0.25) is 0 Å². The van der Waals surface area contributed by atoms with Gasteiger partial charge in [0.1, 0.15) is 6.61 Å². The first-order valence-electron chi connectivity index (χ1n) is 10.6. The van der Waals surface area contributed by atoms with E-state index in [9.17, 15) is 9.90 Å². The van der Waals surface area contributed by atoms with Gasteiger partial charge in [0.25, 0.3) is 0 Å². The van der Waals surface area contributed by atoms with Crippen molar-refractivity contribution in [3.05, 3.63) is 46.2 Å². The molecule has 1 N–H and O–H groups in total. The maximum absolute atomic E-state index is 13.3. The molecule has 2 atom stereocenters. The summed E-state index contributed by atoms with van der Waals surface area (Å²) in [5.41, 5.74) is 1.15. The molecule has 0 saturated heterocycles. The van der Waals surface area contributed by atoms with E-state index in [1.807, 2.05) is 41.0 Å². The number of likely N-dealkylation sites (N-methyl/N-ethyl adjacent to an activating group) is 1. The van der Waals surface area contributed by atoms with Crippen molar-refractivity contribution in [2.24, 2.45) is 0 Å². The highest BCUT2D eigenvalue weighted by atomic mass is 32.1. The summed E-state index contributed by atoms with van der Waals surface area (Å²) in [4.78, 5) is 18.4. The number of methoxy groups -OCH3 is 2. The minimum Gasteiger partial charge on any atom is -0.493 e. The average molecular weight is 449 g/mol. The number of nitrogens with zero attached hydrogens (tertiary/aromatic N) is 2. The van der Waals surface area contributed by atoms with Crippen LogP contribution < -0.4 is 9.47 Å². The normalized spacial score (nSPS) is 16.8. The van der Waals surface area contributed by atoms with Crippen LogP contribution >= 0.6 is 11.3 Å². The van der Waals surface area contributed by atoms with Gasteiger partial charge in [-0.25, -0.2) is 0 Å². The fourth-order valence-electron chi connectivity index (χ4n) is 3.91. The first-order chi connectivity index (χ1) is 15.1. The van der Waals surface area contributed by atoms with Crippen LogP contribution in [0.1, 0.15) is 23.4 Å². The summed E-state index contributed by atoms with van der Waals surface area (Å²) >= 11 is 1.73. The van der Waals surface area contributed by atoms with Gasteiger partial charge in [0.05, 0.1) is 32.4 Å². The smallest absolute Gasteiger partial charge is 0.237 e. The third-order valence-electron chi connectivity index (χ3n) is 5.52. The Morgan fingerprint density at radius 3 is 2.77 bits per heavy atom. The molecule has 0 fully saturated rings. The van der Waals surface area contributed by atoms with Crippen molar-refractivity contribution in [1.82, 2.24) is 9.80 Å². The molecule has 0 saturated carbocycles. The van der Waals surface area contributed by atoms with Gasteiger partial charge in [-0.1, -0.05) is 19.1 Å². The van der Waals surface area contributed by atoms with E-state index in [1.165, 1.54) is 4.88 Å². The van der Waals surface area contributed by atoms with Gasteiger partial charge in [0, 0.05) is 25.1 Å². The molecule has 1 amide bonds. The molecule has 0 unspecified atom stereocenters. The number of aliphatic hydroxyl groups excluding tert-OH is 1. The van der Waals surface area contributed by atoms with Crippen molar-refractivity contribution < 1.29 is 24.1 Å². The highest BCUT2D eigenvalue weighted by Gasteiger charge is 2.33. The van der Waals surface area contributed by atoms with E-state index in [0.717, 1.165) is 12.0 Å². The number of hydrogen-bond acceptors (Lipinski definition) is 7. The molecule has 1 aromatic heterocycles. The Morgan fingerprint density at radius 1 is 1.29 bits per heavy atom. The average Bonchev–Trinajstić information content (AvgIpc) is 3.26. The summed E-state index contributed by atoms with van der Waals surface area (Å²) in [5, 5.41) is 12.1. The standard InChI is InChI=1S/C23H32N2O5S/c1-4-24(13-17(26)15-28-2)14-23(27)25-11-9-22-18(10-12-31-22)19(25)16-30-21-8-6-5-7-20(21)29-3/h5-8,10,12,17,19,26H,4,9,11,13-16H2,1-3H3/t17-,19+/m1/s1. The Hall–Kier alpha value is -2.13. The maximum atomic E-state index is 13.3. The zero-order valence-corrected chi connectivity index (χ0v) is 19.3. The van der Waals surface area contributed by atoms with E-state index in [4.69, 9.17) is 14.2 Å². The number of fused-ring (bicyclic) bond motifs is 1. The van der Waals surface area contributed by atoms with Crippen LogP contribution in [0.4, 0.5) is 0 Å². The number of aliphatic hydroxyl groups is 1. The molecule has 1 aliphatic heterocycles. The SMILES string of the molecule is CCN(CC(=O)N1CCc2sccc2[C@@H]1COc1ccccc1OC)C[C@@H](O)COC. The summed E-state index contributed by atoms with van der Waals surface area (Å²) in [5.74, 6) is 1.38. The molecular weight excluding hydrogens is 416 g/mol. The Bertz CT molecular complexity index is 843. The largest absolute Gasteiger partial charge is 0.493 e. The van der Waals surface area contributed by atoms with Gasteiger partial charge in [0.15, 0.2) is 11.5 Å². The minimum absolute atomic E-state index is 0.0388. The quantitative estimate of drug-likeness (QED) is 0.570. The Labute approximate surface area is 188 Å². The van der Waals surface area contributed by atoms with E-state index in [-0.39, 0.29) is 25.1 Å². The zero-order valence-electron chi connectivity index (χ0n) is 18.5. The number of ether oxygens (including phenoxy) is 3. The van der Waals surface area contributed by atoms with Crippen LogP contribution in [0.3, 0.4) is 0 Å². The lowest BCUT2D eigenvalue weighted by Gasteiger charge is -2.37. The Balaban J connectivity index is 1.72. The van der Waals surface area contributed by atoms with Gasteiger partial charge in [-0.15, -0.1) is 11.3 Å². The monoisotopic (exact) mass is 448 g/mol. The van der Waals surface area contributed by atoms with Crippen LogP contribution in [0.5, 0.6) is 11.5 Å². The second-order valence-electron chi connectivity index (χ2n) is 7.55. The predicted octanol–water partition coefficient (Wildman–Crippen LogP) is 2.59. The number of benzene rings is 1. The lowest BCUT2D eigenvalue weighted by Crippen LogP contribution is -2.48. The van der Waals surface area contributed by atoms with Crippen LogP contribution in [-0.4, -0.2) is 80.5 Å². The first-order valence-corrected chi connectivity index (χ1v) is 11.5. The number of carbonyl (C=O) groups is 1. The molecule has 0 aliphatic carbocycles. The van der Waals surface area contributed by atoms with Crippen LogP contribution in [-0.2, 0) is 16.0 Å². The number of para-hydroxylation sites is 2. The molecule has 7 nitrogen and oxygen atoms in total. The van der Waals surface area contributed by atoms with Gasteiger partial charge < -0.3 is 24.2 Å². The molecule has 0 bridgehead atoms. The van der Waals surface area contributed by atoms with Gasteiger partial charge in [-0.3, -0.25) is 9.69 Å². The van der Waals surface area contributed by atoms with Crippen molar-refractivity contribution in [1.29, 1.82) is 0 Å². The predicted molar refractivity (Wildman–Crippen MR) is 121 cm³/mol. The lowest BCUT2D eigenvalue weighted by molar-refractivity contribution is -0.136. The second kappa shape index (κ2) is 11.5. The summed E-state index contributed by atoms with van der Waals surface area (Å²) in [6.07, 6.45) is 0.231. The molecular formula is C23H32N2O5S. The van der Waals surface area contributed by atoms with Crippen LogP contribution in [0.15, 0.2) is 35.7 Å². The molecule has 1 aliphatic rings. The fraction of sp³-hybridized carbons (Fsp3) is 0.522. The molecule has 3 rings (SSSR count). The number of thiophene rings is 1. The third-order valence-corrected chi connectivity index (χ3v) is 6.51. The highest BCUT2D eigenvalue weighted by Crippen LogP contribution is 2.35. The maximum Gasteiger partial charge on any atom is 0.237 e. The Morgan fingerprint density at radius 2 is 2.06 bits per heavy atom. The number of rotatable bonds is 11. The first kappa shape index (κ1) is 23.5. The summed E-state index contributed by atoms with van der Waals surface area (Å²) < 4.78 is 16.5. The summed E-state index contributed by atoms with van der Waals surface area (Å²) in [7, 11) is 3.18. The van der Waals surface area contributed by atoms with Crippen molar-refractivity contribution in [2.75, 3.05) is 53.6 Å². The molecule has 0 spiro atoms. The van der Waals surface area contributed by atoms with E-state index >= 15 is 0 Å². The van der Waals surface area contributed by atoms with Gasteiger partial charge in [0.2, 0.25) is 5.91 Å². The van der Waals surface area contributed by atoms with E-state index in [1.54, 1.807) is 25.6 Å². The highest BCUT2D eigenvalue weighted by molar-refractivity contribution is 7.10. The number of amides is 1. The van der Waals surface area contributed by atoms with Crippen molar-refractivity contribution in [3.8, 4) is 11.5 Å². The van der Waals surface area contributed by atoms with Gasteiger partial charge >= 0.3 is 0 Å². The van der Waals surface area contributed by atoms with E-state index in [0.29, 0.717) is 37.7 Å². The lowest BCUT2D eigenvalue weighted by atomic mass is 10.0. The third kappa shape index (κ3) is 5.98. The topological polar surface area (TPSA) is 71.5 Å². The molecule has 2 aromatic rings. The Kier molecular flexibility index (Phi) is 8.71. The number of carbonyl (C=O) groups excluding carboxylic acids is 1. The second-order valence-corrected chi connectivity index (χ2v) is 8.55. The molecule has 1 aromatic carbocycles. The fourth-order valence-corrected chi connectivity index (χ4v) is 4.84. The van der Waals surface area contributed by atoms with Gasteiger partial charge in [-0.2, -0.15) is 0 Å². The van der Waals surface area contributed by atoms with Crippen molar-refractivity contribution in [3.63, 3.8) is 0 Å². The minimum atomic E-state index is -0.618. The van der Waals surface area contributed by atoms with Crippen molar-refractivity contribution >= 4 is 17.2 Å². The summed E-state index contributed by atoms with van der Waals surface area (Å²) in [6.45, 7) is 4.58. The van der Waals surface area contributed by atoms with E-state index < -0.39 is 6.10 Å². The van der Waals surface area contributed by atoms with Crippen LogP contribution in [0.25, 0.3) is 0 Å². The van der Waals surface area contributed by atoms with Gasteiger partial charge in [-0.05, 0) is 42.1 Å². The summed E-state index contributed by atoms with van der Waals surface area (Å²) in [6, 6.07) is 9.47. The molecule has 8 heteroatoms. The van der Waals surface area contributed by atoms with E-state index in [2.05, 4.69) is 11.4 Å². The number of hydrogen-bond donors (Lipinski definition) is 1. The molecule has 31 heavy (non-hydrogen) atoms. The van der Waals surface area contributed by atoms with Crippen LogP contribution in [0, 0.1) is 0 Å². The molecule has 170 valence electrons. The van der Waals surface area contributed by atoms with Crippen molar-refractivity contribution in [2.45, 2.75) is 25.5 Å².